The van der Waals surface area contributed by atoms with Crippen molar-refractivity contribution in [3.8, 4) is 0 Å². The van der Waals surface area contributed by atoms with Gasteiger partial charge in [0.1, 0.15) is 18.3 Å². The normalized spacial score (nSPS) is 39.7. The number of Topliss-reactive ketones (excluding diaryl/α,β-unsaturated/α-hetero) is 1. The SMILES string of the molecule is C/C=C(/C)C(=O)O[C@H]1C(C)=C[C@]23C(=O)[C@H](C=C(C)[C@@H](O)[C@]12O)[C@@H]1[C@](C)(COC(=O)c2ccccc2)[C@]1(OC(C)=O)C[C@H]3C. The van der Waals surface area contributed by atoms with Crippen LogP contribution in [0, 0.1) is 28.6 Å². The number of rotatable bonds is 6. The van der Waals surface area contributed by atoms with E-state index >= 15 is 0 Å². The van der Waals surface area contributed by atoms with E-state index in [1.807, 2.05) is 6.92 Å². The van der Waals surface area contributed by atoms with E-state index in [-0.39, 0.29) is 18.8 Å². The second-order valence-electron chi connectivity index (χ2n) is 13.0. The number of aliphatic hydroxyl groups excluding tert-OH is 1. The van der Waals surface area contributed by atoms with Gasteiger partial charge >= 0.3 is 17.9 Å². The number of benzene rings is 1. The van der Waals surface area contributed by atoms with Crippen molar-refractivity contribution in [1.82, 2.24) is 0 Å². The van der Waals surface area contributed by atoms with E-state index in [2.05, 4.69) is 0 Å². The molecule has 2 fully saturated rings. The molecule has 4 aliphatic rings. The predicted octanol–water partition coefficient (Wildman–Crippen LogP) is 3.88. The second kappa shape index (κ2) is 10.3. The molecule has 0 amide bonds. The van der Waals surface area contributed by atoms with Crippen molar-refractivity contribution in [3.63, 3.8) is 0 Å². The Morgan fingerprint density at radius 3 is 2.35 bits per heavy atom. The Hall–Kier alpha value is -3.56. The minimum atomic E-state index is -2.21. The number of hydrogen-bond acceptors (Lipinski definition) is 9. The molecule has 0 heterocycles. The molecule has 0 radical (unpaired) electrons. The topological polar surface area (TPSA) is 136 Å². The molecule has 5 rings (SSSR count). The van der Waals surface area contributed by atoms with Crippen LogP contribution >= 0.6 is 0 Å². The average molecular weight is 593 g/mol. The maximum Gasteiger partial charge on any atom is 0.338 e. The van der Waals surface area contributed by atoms with E-state index in [0.717, 1.165) is 0 Å². The highest BCUT2D eigenvalue weighted by Gasteiger charge is 2.85. The summed E-state index contributed by atoms with van der Waals surface area (Å²) in [6, 6.07) is 8.53. The Labute approximate surface area is 251 Å². The van der Waals surface area contributed by atoms with Gasteiger partial charge in [-0.15, -0.1) is 0 Å². The molecule has 4 aliphatic carbocycles. The molecule has 9 atom stereocenters. The largest absolute Gasteiger partial charge is 0.461 e. The highest BCUT2D eigenvalue weighted by Crippen LogP contribution is 2.75. The third-order valence-corrected chi connectivity index (χ3v) is 10.6. The lowest BCUT2D eigenvalue weighted by atomic mass is 9.59. The minimum absolute atomic E-state index is 0.111. The van der Waals surface area contributed by atoms with Gasteiger partial charge < -0.3 is 24.4 Å². The van der Waals surface area contributed by atoms with Crippen molar-refractivity contribution in [2.45, 2.75) is 78.3 Å². The van der Waals surface area contributed by atoms with Gasteiger partial charge in [0.25, 0.3) is 0 Å². The number of ether oxygens (including phenoxy) is 3. The number of ketones is 1. The van der Waals surface area contributed by atoms with Crippen LogP contribution in [-0.4, -0.2) is 63.9 Å². The van der Waals surface area contributed by atoms with Crippen molar-refractivity contribution in [2.75, 3.05) is 6.61 Å². The number of carbonyl (C=O) groups is 4. The summed E-state index contributed by atoms with van der Waals surface area (Å²) in [6.45, 7) is 11.4. The van der Waals surface area contributed by atoms with Crippen molar-refractivity contribution < 1.29 is 43.6 Å². The van der Waals surface area contributed by atoms with E-state index < -0.39 is 69.9 Å². The molecule has 43 heavy (non-hydrogen) atoms. The summed E-state index contributed by atoms with van der Waals surface area (Å²) >= 11 is 0. The van der Waals surface area contributed by atoms with Crippen LogP contribution in [0.25, 0.3) is 0 Å². The third-order valence-electron chi connectivity index (χ3n) is 10.6. The van der Waals surface area contributed by atoms with Gasteiger partial charge in [0, 0.05) is 29.7 Å². The fourth-order valence-electron chi connectivity index (χ4n) is 8.34. The molecular weight excluding hydrogens is 552 g/mol. The Bertz CT molecular complexity index is 1470. The van der Waals surface area contributed by atoms with E-state index in [0.29, 0.717) is 22.3 Å². The molecule has 9 heteroatoms. The smallest absolute Gasteiger partial charge is 0.338 e. The molecule has 1 aromatic carbocycles. The molecule has 230 valence electrons. The van der Waals surface area contributed by atoms with Crippen LogP contribution in [0.2, 0.25) is 0 Å². The van der Waals surface area contributed by atoms with Gasteiger partial charge in [-0.2, -0.15) is 0 Å². The van der Waals surface area contributed by atoms with Gasteiger partial charge in [-0.25, -0.2) is 9.59 Å². The quantitative estimate of drug-likeness (QED) is 0.218. The number of allylic oxidation sites excluding steroid dienone is 2. The van der Waals surface area contributed by atoms with Crippen LogP contribution in [-0.2, 0) is 28.6 Å². The number of carbonyl (C=O) groups excluding carboxylic acids is 4. The van der Waals surface area contributed by atoms with Gasteiger partial charge in [-0.3, -0.25) is 9.59 Å². The zero-order valence-electron chi connectivity index (χ0n) is 25.7. The van der Waals surface area contributed by atoms with Crippen molar-refractivity contribution >= 4 is 23.7 Å². The zero-order valence-corrected chi connectivity index (χ0v) is 25.7. The van der Waals surface area contributed by atoms with Gasteiger partial charge in [0.15, 0.2) is 17.5 Å². The lowest BCUT2D eigenvalue weighted by molar-refractivity contribution is -0.202. The highest BCUT2D eigenvalue weighted by atomic mass is 16.6. The maximum atomic E-state index is 14.9. The molecule has 2 saturated carbocycles. The molecular formula is C34H40O9. The van der Waals surface area contributed by atoms with Crippen molar-refractivity contribution in [2.24, 2.45) is 28.6 Å². The summed E-state index contributed by atoms with van der Waals surface area (Å²) in [6.07, 6.45) is 2.17. The fraction of sp³-hybridized carbons (Fsp3) is 0.529. The first-order chi connectivity index (χ1) is 20.1. The van der Waals surface area contributed by atoms with E-state index in [4.69, 9.17) is 14.2 Å². The van der Waals surface area contributed by atoms with Crippen LogP contribution in [0.3, 0.4) is 0 Å². The van der Waals surface area contributed by atoms with E-state index in [1.54, 1.807) is 83.2 Å². The Morgan fingerprint density at radius 2 is 1.74 bits per heavy atom. The van der Waals surface area contributed by atoms with Gasteiger partial charge in [-0.05, 0) is 63.3 Å². The number of hydrogen-bond donors (Lipinski definition) is 2. The van der Waals surface area contributed by atoms with E-state index in [9.17, 15) is 29.4 Å². The lowest BCUT2D eigenvalue weighted by Gasteiger charge is -2.49. The lowest BCUT2D eigenvalue weighted by Crippen LogP contribution is -2.65. The minimum Gasteiger partial charge on any atom is -0.461 e. The Kier molecular flexibility index (Phi) is 7.37. The van der Waals surface area contributed by atoms with Crippen LogP contribution in [0.1, 0.15) is 65.2 Å². The molecule has 0 aliphatic heterocycles. The number of esters is 3. The molecule has 0 unspecified atom stereocenters. The molecule has 9 nitrogen and oxygen atoms in total. The standard InChI is InChI=1S/C34H40O9/c1-8-18(2)29(38)42-28-20(4)15-32-21(5)16-33(43-22(6)35)25(24(27(32)37)14-19(3)26(36)34(28,32)40)31(33,7)17-41-30(39)23-12-10-9-11-13-23/h8-15,21,24-26,28,36,40H,16-17H2,1-7H3/b18-8-/t21-,24-,25-,26-,28+,31+,32+,33+,34+/m1/s1. The highest BCUT2D eigenvalue weighted by molar-refractivity contribution is 5.96. The first-order valence-electron chi connectivity index (χ1n) is 14.7. The Morgan fingerprint density at radius 1 is 1.09 bits per heavy atom. The fourth-order valence-corrected chi connectivity index (χ4v) is 8.34. The van der Waals surface area contributed by atoms with Gasteiger partial charge in [0.2, 0.25) is 0 Å². The summed E-state index contributed by atoms with van der Waals surface area (Å²) in [5, 5.41) is 24.3. The molecule has 2 bridgehead atoms. The molecule has 1 aromatic rings. The Balaban J connectivity index is 1.60. The predicted molar refractivity (Wildman–Crippen MR) is 155 cm³/mol. The third kappa shape index (κ3) is 4.11. The summed E-state index contributed by atoms with van der Waals surface area (Å²) in [5.41, 5.74) is -4.53. The molecule has 0 aromatic heterocycles. The van der Waals surface area contributed by atoms with Crippen LogP contribution in [0.4, 0.5) is 0 Å². The first-order valence-corrected chi connectivity index (χ1v) is 14.7. The van der Waals surface area contributed by atoms with Crippen molar-refractivity contribution in [1.29, 1.82) is 0 Å². The summed E-state index contributed by atoms with van der Waals surface area (Å²) in [4.78, 5) is 53.3. The number of aliphatic hydroxyl groups is 2. The number of fused-ring (bicyclic) bond motifs is 3. The summed E-state index contributed by atoms with van der Waals surface area (Å²) < 4.78 is 17.7. The molecule has 2 N–H and O–H groups in total. The molecule has 1 spiro atoms. The zero-order chi connectivity index (χ0) is 31.7. The van der Waals surface area contributed by atoms with Gasteiger partial charge in [-0.1, -0.05) is 50.3 Å². The van der Waals surface area contributed by atoms with Crippen molar-refractivity contribution in [3.05, 3.63) is 70.8 Å². The summed E-state index contributed by atoms with van der Waals surface area (Å²) in [5.74, 6) is -4.30. The average Bonchev–Trinajstić information content (AvgIpc) is 3.40. The van der Waals surface area contributed by atoms with Gasteiger partial charge in [0.05, 0.1) is 11.0 Å². The monoisotopic (exact) mass is 592 g/mol. The molecule has 0 saturated heterocycles. The van der Waals surface area contributed by atoms with E-state index in [1.165, 1.54) is 6.92 Å². The van der Waals surface area contributed by atoms with Crippen LogP contribution < -0.4 is 0 Å². The first kappa shape index (κ1) is 30.9. The maximum absolute atomic E-state index is 14.9. The van der Waals surface area contributed by atoms with Crippen LogP contribution in [0.15, 0.2) is 65.3 Å². The van der Waals surface area contributed by atoms with Crippen LogP contribution in [0.5, 0.6) is 0 Å². The second-order valence-corrected chi connectivity index (χ2v) is 13.0. The summed E-state index contributed by atoms with van der Waals surface area (Å²) in [7, 11) is 0.